The molecule has 1 heterocycles. The molecule has 0 aliphatic heterocycles. The number of hydrogen-bond donors (Lipinski definition) is 1. The number of ether oxygens (including phenoxy) is 1. The van der Waals surface area contributed by atoms with Crippen LogP contribution < -0.4 is 15.6 Å². The topological polar surface area (TPSA) is 73.2 Å². The van der Waals surface area contributed by atoms with Crippen molar-refractivity contribution in [1.82, 2.24) is 9.55 Å². The van der Waals surface area contributed by atoms with Crippen molar-refractivity contribution in [2.24, 2.45) is 0 Å². The Balaban J connectivity index is 1.70. The second-order valence-corrected chi connectivity index (χ2v) is 7.88. The molecule has 0 saturated heterocycles. The molecule has 152 valence electrons. The van der Waals surface area contributed by atoms with Gasteiger partial charge in [0, 0.05) is 29.8 Å². The van der Waals surface area contributed by atoms with Crippen LogP contribution in [0.15, 0.2) is 46.3 Å². The number of aromatic nitrogens is 2. The predicted octanol–water partition coefficient (Wildman–Crippen LogP) is 4.51. The lowest BCUT2D eigenvalue weighted by Crippen LogP contribution is -2.22. The number of nitrogens with zero attached hydrogens (tertiary/aromatic N) is 2. The number of anilines is 1. The number of aryl methyl sites for hydroxylation is 1. The zero-order valence-electron chi connectivity index (χ0n) is 16.5. The van der Waals surface area contributed by atoms with Crippen LogP contribution in [0.25, 0.3) is 10.9 Å². The molecule has 0 aliphatic carbocycles. The minimum atomic E-state index is -0.149. The van der Waals surface area contributed by atoms with E-state index in [1.807, 2.05) is 32.0 Å². The monoisotopic (exact) mass is 431 g/mol. The van der Waals surface area contributed by atoms with E-state index in [9.17, 15) is 9.59 Å². The van der Waals surface area contributed by atoms with E-state index >= 15 is 0 Å². The molecule has 0 spiro atoms. The smallest absolute Gasteiger partial charge is 0.262 e. The summed E-state index contributed by atoms with van der Waals surface area (Å²) in [5, 5.41) is 4.65. The molecule has 1 N–H and O–H groups in total. The van der Waals surface area contributed by atoms with Crippen LogP contribution in [0, 0.1) is 6.92 Å². The normalized spacial score (nSPS) is 10.9. The standard InChI is InChI=1S/C21H22ClN3O3S/c1-4-25-20(27)14-7-5-6-8-16(14)24-21(25)29-10-9-19(26)23-17-11-13(2)15(22)12-18(17)28-3/h5-8,11-12H,4,9-10H2,1-3H3,(H,23,26). The highest BCUT2D eigenvalue weighted by Gasteiger charge is 2.13. The average molecular weight is 432 g/mol. The fourth-order valence-corrected chi connectivity index (χ4v) is 4.07. The SMILES string of the molecule is CCn1c(SCCC(=O)Nc2cc(C)c(Cl)cc2OC)nc2ccccc2c1=O. The minimum Gasteiger partial charge on any atom is -0.495 e. The van der Waals surface area contributed by atoms with Crippen molar-refractivity contribution in [3.05, 3.63) is 57.3 Å². The number of benzene rings is 2. The maximum Gasteiger partial charge on any atom is 0.262 e. The molecule has 6 nitrogen and oxygen atoms in total. The third-order valence-corrected chi connectivity index (χ3v) is 5.84. The number of carbonyl (C=O) groups is 1. The molecule has 0 saturated carbocycles. The van der Waals surface area contributed by atoms with Gasteiger partial charge in [0.1, 0.15) is 5.75 Å². The Bertz CT molecular complexity index is 1110. The van der Waals surface area contributed by atoms with Crippen LogP contribution in [0.2, 0.25) is 5.02 Å². The summed E-state index contributed by atoms with van der Waals surface area (Å²) in [5.41, 5.74) is 2.03. The minimum absolute atomic E-state index is 0.0635. The van der Waals surface area contributed by atoms with Gasteiger partial charge in [0.05, 0.1) is 23.7 Å². The Morgan fingerprint density at radius 1 is 1.31 bits per heavy atom. The molecule has 2 aromatic carbocycles. The molecule has 0 atom stereocenters. The van der Waals surface area contributed by atoms with Gasteiger partial charge in [0.2, 0.25) is 5.91 Å². The van der Waals surface area contributed by atoms with Gasteiger partial charge in [-0.15, -0.1) is 0 Å². The summed E-state index contributed by atoms with van der Waals surface area (Å²) in [6.45, 7) is 4.29. The number of para-hydroxylation sites is 1. The molecule has 0 unspecified atom stereocenters. The van der Waals surface area contributed by atoms with Crippen LogP contribution >= 0.6 is 23.4 Å². The Hall–Kier alpha value is -2.51. The fraction of sp³-hybridized carbons (Fsp3) is 0.286. The maximum atomic E-state index is 12.7. The summed E-state index contributed by atoms with van der Waals surface area (Å²) in [5.74, 6) is 0.854. The number of halogens is 1. The van der Waals surface area contributed by atoms with Crippen molar-refractivity contribution in [2.75, 3.05) is 18.2 Å². The summed E-state index contributed by atoms with van der Waals surface area (Å²) < 4.78 is 6.92. The van der Waals surface area contributed by atoms with Gasteiger partial charge in [-0.25, -0.2) is 4.98 Å². The van der Waals surface area contributed by atoms with Crippen LogP contribution in [0.4, 0.5) is 5.69 Å². The second kappa shape index (κ2) is 9.33. The summed E-state index contributed by atoms with van der Waals surface area (Å²) >= 11 is 7.50. The molecule has 8 heteroatoms. The van der Waals surface area contributed by atoms with E-state index in [1.165, 1.54) is 18.9 Å². The predicted molar refractivity (Wildman–Crippen MR) is 118 cm³/mol. The number of fused-ring (bicyclic) bond motifs is 1. The highest BCUT2D eigenvalue weighted by Crippen LogP contribution is 2.31. The van der Waals surface area contributed by atoms with E-state index in [0.29, 0.717) is 44.8 Å². The lowest BCUT2D eigenvalue weighted by atomic mass is 10.2. The molecule has 1 amide bonds. The summed E-state index contributed by atoms with van der Waals surface area (Å²) in [7, 11) is 1.53. The van der Waals surface area contributed by atoms with Gasteiger partial charge in [-0.05, 0) is 37.6 Å². The zero-order chi connectivity index (χ0) is 21.0. The summed E-state index contributed by atoms with van der Waals surface area (Å²) in [6, 6.07) is 10.7. The summed E-state index contributed by atoms with van der Waals surface area (Å²) in [4.78, 5) is 29.6. The van der Waals surface area contributed by atoms with Crippen molar-refractivity contribution < 1.29 is 9.53 Å². The van der Waals surface area contributed by atoms with Gasteiger partial charge in [-0.1, -0.05) is 35.5 Å². The molecular formula is C21H22ClN3O3S. The van der Waals surface area contributed by atoms with Crippen molar-refractivity contribution >= 4 is 45.9 Å². The molecule has 0 fully saturated rings. The van der Waals surface area contributed by atoms with Crippen molar-refractivity contribution in [3.8, 4) is 5.75 Å². The first-order chi connectivity index (χ1) is 13.9. The average Bonchev–Trinajstić information content (AvgIpc) is 2.71. The van der Waals surface area contributed by atoms with E-state index in [0.717, 1.165) is 5.56 Å². The van der Waals surface area contributed by atoms with Crippen molar-refractivity contribution in [2.45, 2.75) is 32.0 Å². The van der Waals surface area contributed by atoms with Crippen molar-refractivity contribution in [3.63, 3.8) is 0 Å². The fourth-order valence-electron chi connectivity index (χ4n) is 2.91. The molecule has 29 heavy (non-hydrogen) atoms. The Morgan fingerprint density at radius 3 is 2.79 bits per heavy atom. The Morgan fingerprint density at radius 2 is 2.07 bits per heavy atom. The largest absolute Gasteiger partial charge is 0.495 e. The Labute approximate surface area is 178 Å². The quantitative estimate of drug-likeness (QED) is 0.440. The Kier molecular flexibility index (Phi) is 6.82. The third-order valence-electron chi connectivity index (χ3n) is 4.46. The van der Waals surface area contributed by atoms with Gasteiger partial charge >= 0.3 is 0 Å². The zero-order valence-corrected chi connectivity index (χ0v) is 18.1. The van der Waals surface area contributed by atoms with Gasteiger partial charge in [0.25, 0.3) is 5.56 Å². The van der Waals surface area contributed by atoms with Crippen LogP contribution in [0.1, 0.15) is 18.9 Å². The lowest BCUT2D eigenvalue weighted by molar-refractivity contribution is -0.115. The highest BCUT2D eigenvalue weighted by molar-refractivity contribution is 7.99. The number of carbonyl (C=O) groups excluding carboxylic acids is 1. The van der Waals surface area contributed by atoms with E-state index in [-0.39, 0.29) is 17.9 Å². The number of rotatable bonds is 7. The molecule has 0 aliphatic rings. The number of hydrogen-bond acceptors (Lipinski definition) is 5. The number of amides is 1. The summed E-state index contributed by atoms with van der Waals surface area (Å²) in [6.07, 6.45) is 0.266. The number of methoxy groups -OCH3 is 1. The molecular weight excluding hydrogens is 410 g/mol. The van der Waals surface area contributed by atoms with Crippen LogP contribution in [-0.4, -0.2) is 28.3 Å². The van der Waals surface area contributed by atoms with Gasteiger partial charge in [-0.2, -0.15) is 0 Å². The molecule has 0 radical (unpaired) electrons. The first kappa shape index (κ1) is 21.2. The highest BCUT2D eigenvalue weighted by atomic mass is 35.5. The maximum absolute atomic E-state index is 12.7. The molecule has 3 aromatic rings. The number of nitrogens with one attached hydrogen (secondary N) is 1. The number of thioether (sulfide) groups is 1. The lowest BCUT2D eigenvalue weighted by Gasteiger charge is -2.13. The van der Waals surface area contributed by atoms with Crippen LogP contribution in [0.5, 0.6) is 5.75 Å². The second-order valence-electron chi connectivity index (χ2n) is 6.41. The molecule has 1 aromatic heterocycles. The third kappa shape index (κ3) is 4.74. The van der Waals surface area contributed by atoms with Gasteiger partial charge < -0.3 is 10.1 Å². The first-order valence-electron chi connectivity index (χ1n) is 9.21. The molecule has 3 rings (SSSR count). The van der Waals surface area contributed by atoms with E-state index in [4.69, 9.17) is 16.3 Å². The van der Waals surface area contributed by atoms with E-state index in [1.54, 1.807) is 22.8 Å². The van der Waals surface area contributed by atoms with Crippen molar-refractivity contribution in [1.29, 1.82) is 0 Å². The van der Waals surface area contributed by atoms with Crippen LogP contribution in [-0.2, 0) is 11.3 Å². The van der Waals surface area contributed by atoms with Crippen LogP contribution in [0.3, 0.4) is 0 Å². The van der Waals surface area contributed by atoms with Gasteiger partial charge in [-0.3, -0.25) is 14.2 Å². The van der Waals surface area contributed by atoms with E-state index < -0.39 is 0 Å². The first-order valence-corrected chi connectivity index (χ1v) is 10.6. The van der Waals surface area contributed by atoms with E-state index in [2.05, 4.69) is 10.3 Å². The van der Waals surface area contributed by atoms with Gasteiger partial charge in [0.15, 0.2) is 5.16 Å². The molecule has 0 bridgehead atoms.